The third-order valence-electron chi connectivity index (χ3n) is 9.98. The van der Waals surface area contributed by atoms with Gasteiger partial charge in [-0.25, -0.2) is 4.57 Å². The number of rotatable bonds is 35. The van der Waals surface area contributed by atoms with Crippen molar-refractivity contribution in [3.05, 3.63) is 0 Å². The van der Waals surface area contributed by atoms with Crippen molar-refractivity contribution < 1.29 is 58.3 Å². The molecule has 0 aliphatic heterocycles. The van der Waals surface area contributed by atoms with E-state index in [9.17, 15) is 39.8 Å². The Bertz CT molecular complexity index is 879. The van der Waals surface area contributed by atoms with Gasteiger partial charge in [-0.3, -0.25) is 13.8 Å². The lowest BCUT2D eigenvalue weighted by Crippen LogP contribution is -2.64. The zero-order chi connectivity index (χ0) is 38.5. The summed E-state index contributed by atoms with van der Waals surface area (Å²) in [5.74, 6) is -0.475. The molecule has 1 aliphatic rings. The van der Waals surface area contributed by atoms with Gasteiger partial charge in [-0.1, -0.05) is 162 Å². The molecule has 0 aromatic carbocycles. The summed E-state index contributed by atoms with van der Waals surface area (Å²) in [5.41, 5.74) is 0. The molecule has 6 atom stereocenters. The van der Waals surface area contributed by atoms with Crippen molar-refractivity contribution in [3.63, 3.8) is 0 Å². The second kappa shape index (κ2) is 31.5. The molecule has 0 spiro atoms. The normalized spacial score (nSPS) is 23.8. The highest BCUT2D eigenvalue weighted by atomic mass is 31.2. The van der Waals surface area contributed by atoms with Crippen LogP contribution in [0.2, 0.25) is 0 Å². The largest absolute Gasteiger partial charge is 0.472 e. The van der Waals surface area contributed by atoms with Crippen LogP contribution in [0.1, 0.15) is 181 Å². The van der Waals surface area contributed by atoms with E-state index in [1.165, 1.54) is 116 Å². The average Bonchev–Trinajstić information content (AvgIpc) is 3.12. The molecule has 0 amide bonds. The molecule has 1 aliphatic carbocycles. The smallest absolute Gasteiger partial charge is 0.457 e. The van der Waals surface area contributed by atoms with Crippen molar-refractivity contribution >= 4 is 13.8 Å². The summed E-state index contributed by atoms with van der Waals surface area (Å²) in [6, 6.07) is 0. The molecule has 0 aromatic rings. The van der Waals surface area contributed by atoms with Crippen molar-refractivity contribution in [2.24, 2.45) is 0 Å². The molecule has 1 saturated carbocycles. The Labute approximate surface area is 315 Å². The van der Waals surface area contributed by atoms with Crippen molar-refractivity contribution in [1.29, 1.82) is 0 Å². The predicted molar refractivity (Wildman–Crippen MR) is 203 cm³/mol. The quantitative estimate of drug-likeness (QED) is 0.0213. The number of hydrogen-bond acceptors (Lipinski definition) is 11. The van der Waals surface area contributed by atoms with Gasteiger partial charge in [0.1, 0.15) is 42.7 Å². The topological polar surface area (TPSA) is 192 Å². The summed E-state index contributed by atoms with van der Waals surface area (Å²) in [6.45, 7) is 4.26. The van der Waals surface area contributed by atoms with Crippen LogP contribution in [-0.4, -0.2) is 98.9 Å². The maximum Gasteiger partial charge on any atom is 0.472 e. The molecule has 0 heterocycles. The van der Waals surface area contributed by atoms with Crippen LogP contribution in [0.5, 0.6) is 0 Å². The molecule has 0 bridgehead atoms. The maximum absolute atomic E-state index is 12.8. The highest BCUT2D eigenvalue weighted by Crippen LogP contribution is 2.47. The summed E-state index contributed by atoms with van der Waals surface area (Å²) in [5, 5.41) is 50.0. The summed E-state index contributed by atoms with van der Waals surface area (Å²) in [6.07, 6.45) is 17.5. The third kappa shape index (κ3) is 24.0. The molecule has 6 unspecified atom stereocenters. The minimum atomic E-state index is -5.00. The molecule has 0 saturated heterocycles. The molecule has 12 nitrogen and oxygen atoms in total. The fraction of sp³-hybridized carbons (Fsp3) is 0.974. The number of aliphatic hydroxyl groups is 5. The molecule has 0 aromatic heterocycles. The first-order valence-corrected chi connectivity index (χ1v) is 22.4. The van der Waals surface area contributed by atoms with E-state index in [2.05, 4.69) is 13.8 Å². The summed E-state index contributed by atoms with van der Waals surface area (Å²) < 4.78 is 34.0. The molecule has 1 fully saturated rings. The van der Waals surface area contributed by atoms with Gasteiger partial charge in [0.25, 0.3) is 0 Å². The van der Waals surface area contributed by atoms with Crippen LogP contribution in [0.4, 0.5) is 0 Å². The van der Waals surface area contributed by atoms with Gasteiger partial charge in [0.2, 0.25) is 0 Å². The fourth-order valence-corrected chi connectivity index (χ4v) is 7.56. The van der Waals surface area contributed by atoms with Gasteiger partial charge in [-0.15, -0.1) is 0 Å². The van der Waals surface area contributed by atoms with Gasteiger partial charge in [0, 0.05) is 13.0 Å². The Morgan fingerprint density at radius 2 is 0.904 bits per heavy atom. The van der Waals surface area contributed by atoms with Crippen molar-refractivity contribution in [3.8, 4) is 0 Å². The van der Waals surface area contributed by atoms with E-state index >= 15 is 0 Å². The number of hydrogen-bond donors (Lipinski definition) is 6. The summed E-state index contributed by atoms with van der Waals surface area (Å²) in [7, 11) is -5.00. The summed E-state index contributed by atoms with van der Waals surface area (Å²) in [4.78, 5) is 23.0. The number of phosphoric acid groups is 1. The van der Waals surface area contributed by atoms with Crippen LogP contribution in [0.15, 0.2) is 0 Å². The van der Waals surface area contributed by atoms with Crippen LogP contribution in [0, 0.1) is 0 Å². The van der Waals surface area contributed by atoms with E-state index in [0.717, 1.165) is 38.5 Å². The Kier molecular flexibility index (Phi) is 29.9. The number of phosphoric ester groups is 1. The van der Waals surface area contributed by atoms with Crippen LogP contribution in [-0.2, 0) is 27.9 Å². The van der Waals surface area contributed by atoms with E-state index < -0.39 is 63.1 Å². The van der Waals surface area contributed by atoms with E-state index in [-0.39, 0.29) is 13.0 Å². The van der Waals surface area contributed by atoms with Crippen molar-refractivity contribution in [2.45, 2.75) is 224 Å². The van der Waals surface area contributed by atoms with Crippen molar-refractivity contribution in [2.75, 3.05) is 19.8 Å². The zero-order valence-electron chi connectivity index (χ0n) is 32.6. The average molecular weight is 769 g/mol. The van der Waals surface area contributed by atoms with Gasteiger partial charge in [-0.05, 0) is 12.8 Å². The van der Waals surface area contributed by atoms with Crippen LogP contribution >= 0.6 is 7.82 Å². The zero-order valence-corrected chi connectivity index (χ0v) is 33.5. The van der Waals surface area contributed by atoms with E-state index in [1.54, 1.807) is 0 Å². The predicted octanol–water partition coefficient (Wildman–Crippen LogP) is 7.42. The van der Waals surface area contributed by atoms with Gasteiger partial charge in [0.05, 0.1) is 13.2 Å². The van der Waals surface area contributed by atoms with E-state index in [0.29, 0.717) is 13.0 Å². The highest BCUT2D eigenvalue weighted by molar-refractivity contribution is 7.47. The first kappa shape index (κ1) is 49.4. The minimum Gasteiger partial charge on any atom is -0.457 e. The Balaban J connectivity index is 2.44. The Morgan fingerprint density at radius 3 is 1.33 bits per heavy atom. The fourth-order valence-electron chi connectivity index (χ4n) is 6.59. The first-order chi connectivity index (χ1) is 25.0. The van der Waals surface area contributed by atoms with Crippen LogP contribution in [0.25, 0.3) is 0 Å². The maximum atomic E-state index is 12.8. The minimum absolute atomic E-state index is 0.0687. The van der Waals surface area contributed by atoms with Gasteiger partial charge < -0.3 is 39.9 Å². The SMILES string of the molecule is CCCCCCCCCCCCCCCOCC(COP(=O)(O)OC1C(O)C(O)C(O)C(O)C1O)OC(=O)CCCCCCCCCCCCCC. The molecule has 13 heteroatoms. The molecule has 0 radical (unpaired) electrons. The highest BCUT2D eigenvalue weighted by Gasteiger charge is 2.51. The molecule has 310 valence electrons. The molecule has 6 N–H and O–H groups in total. The Hall–Kier alpha value is -0.660. The third-order valence-corrected chi connectivity index (χ3v) is 11.0. The second-order valence-corrected chi connectivity index (χ2v) is 16.3. The standard InChI is InChI=1S/C39H77O12P/c1-3-5-7-9-11-13-15-17-19-21-23-25-27-29-48-30-32(50-33(40)28-26-24-22-20-18-16-14-12-10-8-6-4-2)31-49-52(46,47)51-39-37(44)35(42)34(41)36(43)38(39)45/h32,34-39,41-45H,3-31H2,1-2H3,(H,46,47). The lowest BCUT2D eigenvalue weighted by Gasteiger charge is -2.41. The first-order valence-electron chi connectivity index (χ1n) is 20.9. The van der Waals surface area contributed by atoms with Gasteiger partial charge in [0.15, 0.2) is 0 Å². The van der Waals surface area contributed by atoms with E-state index in [4.69, 9.17) is 18.5 Å². The lowest BCUT2D eigenvalue weighted by molar-refractivity contribution is -0.220. The van der Waals surface area contributed by atoms with Gasteiger partial charge >= 0.3 is 13.8 Å². The number of carbonyl (C=O) groups excluding carboxylic acids is 1. The number of ether oxygens (including phenoxy) is 2. The summed E-state index contributed by atoms with van der Waals surface area (Å²) >= 11 is 0. The lowest BCUT2D eigenvalue weighted by atomic mass is 9.85. The van der Waals surface area contributed by atoms with Gasteiger partial charge in [-0.2, -0.15) is 0 Å². The van der Waals surface area contributed by atoms with Crippen LogP contribution < -0.4 is 0 Å². The van der Waals surface area contributed by atoms with E-state index in [1.807, 2.05) is 0 Å². The molecule has 52 heavy (non-hydrogen) atoms. The monoisotopic (exact) mass is 769 g/mol. The molecular weight excluding hydrogens is 691 g/mol. The second-order valence-electron chi connectivity index (χ2n) is 14.9. The molecule has 1 rings (SSSR count). The number of carbonyl (C=O) groups is 1. The van der Waals surface area contributed by atoms with Crippen LogP contribution in [0.3, 0.4) is 0 Å². The number of unbranched alkanes of at least 4 members (excludes halogenated alkanes) is 23. The number of aliphatic hydroxyl groups excluding tert-OH is 5. The number of esters is 1. The molecular formula is C39H77O12P. The van der Waals surface area contributed by atoms with Crippen molar-refractivity contribution in [1.82, 2.24) is 0 Å². The Morgan fingerprint density at radius 1 is 0.538 bits per heavy atom.